The predicted octanol–water partition coefficient (Wildman–Crippen LogP) is 3.76. The summed E-state index contributed by atoms with van der Waals surface area (Å²) in [5.74, 6) is -0.414. The van der Waals surface area contributed by atoms with Gasteiger partial charge in [0.1, 0.15) is 0 Å². The highest BCUT2D eigenvalue weighted by atomic mass is 32.2. The van der Waals surface area contributed by atoms with Crippen molar-refractivity contribution in [3.8, 4) is 0 Å². The highest BCUT2D eigenvalue weighted by Gasteiger charge is 2.28. The van der Waals surface area contributed by atoms with E-state index in [1.165, 1.54) is 28.6 Å². The Morgan fingerprint density at radius 1 is 1.03 bits per heavy atom. The lowest BCUT2D eigenvalue weighted by molar-refractivity contribution is 0.0474. The van der Waals surface area contributed by atoms with E-state index in [0.29, 0.717) is 24.6 Å². The van der Waals surface area contributed by atoms with Gasteiger partial charge >= 0.3 is 5.97 Å². The van der Waals surface area contributed by atoms with Crippen LogP contribution in [0.4, 0.5) is 0 Å². The number of ketones is 1. The number of ether oxygens (including phenoxy) is 1. The van der Waals surface area contributed by atoms with Gasteiger partial charge in [0.25, 0.3) is 0 Å². The Balaban J connectivity index is 1.63. The van der Waals surface area contributed by atoms with Gasteiger partial charge in [-0.15, -0.1) is 0 Å². The standard InChI is InChI=1S/C23H27NO5S/c1-16-10-12-24(13-11-16)30(27,28)20-7-5-19(6-8-20)23(26)29-15-22(25)21-9-4-17(2)14-18(21)3/h4-9,14,16H,10-13,15H2,1-3H3. The van der Waals surface area contributed by atoms with E-state index in [0.717, 1.165) is 24.0 Å². The third kappa shape index (κ3) is 4.96. The van der Waals surface area contributed by atoms with Crippen molar-refractivity contribution >= 4 is 21.8 Å². The summed E-state index contributed by atoms with van der Waals surface area (Å²) in [5.41, 5.74) is 2.60. The van der Waals surface area contributed by atoms with Crippen molar-refractivity contribution in [3.05, 3.63) is 64.7 Å². The molecule has 2 aromatic carbocycles. The molecule has 0 amide bonds. The van der Waals surface area contributed by atoms with Crippen LogP contribution in [0.2, 0.25) is 0 Å². The summed E-state index contributed by atoms with van der Waals surface area (Å²) in [6.07, 6.45) is 1.69. The number of piperidine rings is 1. The van der Waals surface area contributed by atoms with Crippen LogP contribution >= 0.6 is 0 Å². The summed E-state index contributed by atoms with van der Waals surface area (Å²) in [5, 5.41) is 0. The molecule has 0 bridgehead atoms. The number of carbonyl (C=O) groups excluding carboxylic acids is 2. The lowest BCUT2D eigenvalue weighted by atomic mass is 10.0. The number of Topliss-reactive ketones (excluding diaryl/α,β-unsaturated/α-hetero) is 1. The minimum atomic E-state index is -3.57. The van der Waals surface area contributed by atoms with Gasteiger partial charge in [-0.25, -0.2) is 13.2 Å². The lowest BCUT2D eigenvalue weighted by Crippen LogP contribution is -2.37. The molecule has 0 spiro atoms. The van der Waals surface area contributed by atoms with Crippen LogP contribution in [-0.2, 0) is 14.8 Å². The van der Waals surface area contributed by atoms with E-state index >= 15 is 0 Å². The van der Waals surface area contributed by atoms with Crippen LogP contribution in [0, 0.1) is 19.8 Å². The van der Waals surface area contributed by atoms with Gasteiger partial charge in [-0.05, 0) is 62.4 Å². The fraction of sp³-hybridized carbons (Fsp3) is 0.391. The Bertz CT molecular complexity index is 1040. The van der Waals surface area contributed by atoms with Crippen molar-refractivity contribution < 1.29 is 22.7 Å². The number of rotatable bonds is 6. The molecule has 160 valence electrons. The third-order valence-corrected chi connectivity index (χ3v) is 7.40. The third-order valence-electron chi connectivity index (χ3n) is 5.49. The van der Waals surface area contributed by atoms with Crippen LogP contribution in [0.15, 0.2) is 47.4 Å². The fourth-order valence-electron chi connectivity index (χ4n) is 3.56. The molecule has 6 nitrogen and oxygen atoms in total. The number of sulfonamides is 1. The van der Waals surface area contributed by atoms with E-state index in [2.05, 4.69) is 6.92 Å². The van der Waals surface area contributed by atoms with E-state index in [1.807, 2.05) is 26.0 Å². The molecule has 30 heavy (non-hydrogen) atoms. The minimum absolute atomic E-state index is 0.153. The average Bonchev–Trinajstić information content (AvgIpc) is 2.72. The van der Waals surface area contributed by atoms with Gasteiger partial charge in [0, 0.05) is 18.7 Å². The average molecular weight is 430 g/mol. The molecule has 0 aliphatic carbocycles. The van der Waals surface area contributed by atoms with E-state index in [-0.39, 0.29) is 22.8 Å². The molecule has 0 atom stereocenters. The molecule has 0 N–H and O–H groups in total. The molecule has 2 aromatic rings. The summed E-state index contributed by atoms with van der Waals surface area (Å²) in [4.78, 5) is 24.8. The first-order valence-electron chi connectivity index (χ1n) is 10.1. The van der Waals surface area contributed by atoms with Crippen LogP contribution in [0.3, 0.4) is 0 Å². The van der Waals surface area contributed by atoms with Crippen LogP contribution < -0.4 is 0 Å². The lowest BCUT2D eigenvalue weighted by Gasteiger charge is -2.29. The van der Waals surface area contributed by atoms with Gasteiger partial charge in [-0.3, -0.25) is 4.79 Å². The van der Waals surface area contributed by atoms with E-state index < -0.39 is 16.0 Å². The Morgan fingerprint density at radius 3 is 2.27 bits per heavy atom. The second-order valence-electron chi connectivity index (χ2n) is 7.93. The maximum atomic E-state index is 12.8. The summed E-state index contributed by atoms with van der Waals surface area (Å²) in [6, 6.07) is 11.1. The van der Waals surface area contributed by atoms with Gasteiger partial charge in [-0.1, -0.05) is 30.7 Å². The minimum Gasteiger partial charge on any atom is -0.454 e. The molecule has 0 radical (unpaired) electrons. The molecule has 0 aromatic heterocycles. The van der Waals surface area contributed by atoms with Gasteiger partial charge < -0.3 is 4.74 Å². The Labute approximate surface area is 177 Å². The second-order valence-corrected chi connectivity index (χ2v) is 9.87. The Morgan fingerprint density at radius 2 is 1.67 bits per heavy atom. The number of nitrogens with zero attached hydrogens (tertiary/aromatic N) is 1. The number of benzene rings is 2. The van der Waals surface area contributed by atoms with Crippen LogP contribution in [-0.4, -0.2) is 44.2 Å². The highest BCUT2D eigenvalue weighted by Crippen LogP contribution is 2.23. The first kappa shape index (κ1) is 22.2. The number of hydrogen-bond acceptors (Lipinski definition) is 5. The number of aryl methyl sites for hydroxylation is 2. The van der Waals surface area contributed by atoms with E-state index in [1.54, 1.807) is 6.07 Å². The maximum absolute atomic E-state index is 12.8. The van der Waals surface area contributed by atoms with E-state index in [4.69, 9.17) is 4.74 Å². The molecule has 0 saturated carbocycles. The van der Waals surface area contributed by atoms with E-state index in [9.17, 15) is 18.0 Å². The second kappa shape index (κ2) is 9.10. The normalized spacial score (nSPS) is 15.7. The number of esters is 1. The molecule has 7 heteroatoms. The molecule has 1 aliphatic rings. The van der Waals surface area contributed by atoms with Gasteiger partial charge in [0.15, 0.2) is 6.61 Å². The topological polar surface area (TPSA) is 80.8 Å². The van der Waals surface area contributed by atoms with Crippen molar-refractivity contribution in [2.75, 3.05) is 19.7 Å². The predicted molar refractivity (Wildman–Crippen MR) is 114 cm³/mol. The monoisotopic (exact) mass is 429 g/mol. The zero-order valence-electron chi connectivity index (χ0n) is 17.6. The molecular formula is C23H27NO5S. The van der Waals surface area contributed by atoms with Crippen LogP contribution in [0.25, 0.3) is 0 Å². The summed E-state index contributed by atoms with van der Waals surface area (Å²) in [7, 11) is -3.57. The summed E-state index contributed by atoms with van der Waals surface area (Å²) >= 11 is 0. The van der Waals surface area contributed by atoms with Gasteiger partial charge in [0.2, 0.25) is 15.8 Å². The molecule has 3 rings (SSSR count). The molecule has 1 saturated heterocycles. The smallest absolute Gasteiger partial charge is 0.338 e. The van der Waals surface area contributed by atoms with Crippen molar-refractivity contribution in [2.45, 2.75) is 38.5 Å². The summed E-state index contributed by atoms with van der Waals surface area (Å²) < 4.78 is 32.2. The summed E-state index contributed by atoms with van der Waals surface area (Å²) in [6.45, 7) is 6.55. The first-order chi connectivity index (χ1) is 14.2. The maximum Gasteiger partial charge on any atom is 0.338 e. The van der Waals surface area contributed by atoms with Crippen LogP contribution in [0.1, 0.15) is 51.6 Å². The molecule has 0 unspecified atom stereocenters. The molecular weight excluding hydrogens is 402 g/mol. The zero-order chi connectivity index (χ0) is 21.9. The first-order valence-corrected chi connectivity index (χ1v) is 11.5. The number of carbonyl (C=O) groups is 2. The largest absolute Gasteiger partial charge is 0.454 e. The molecule has 1 aliphatic heterocycles. The molecule has 1 heterocycles. The number of hydrogen-bond donors (Lipinski definition) is 0. The van der Waals surface area contributed by atoms with Crippen molar-refractivity contribution in [1.82, 2.24) is 4.31 Å². The van der Waals surface area contributed by atoms with Crippen molar-refractivity contribution in [2.24, 2.45) is 5.92 Å². The van der Waals surface area contributed by atoms with Crippen LogP contribution in [0.5, 0.6) is 0 Å². The van der Waals surface area contributed by atoms with Gasteiger partial charge in [-0.2, -0.15) is 4.31 Å². The fourth-order valence-corrected chi connectivity index (χ4v) is 5.03. The quantitative estimate of drug-likeness (QED) is 0.516. The van der Waals surface area contributed by atoms with Crippen molar-refractivity contribution in [3.63, 3.8) is 0 Å². The zero-order valence-corrected chi connectivity index (χ0v) is 18.4. The van der Waals surface area contributed by atoms with Gasteiger partial charge in [0.05, 0.1) is 10.5 Å². The SMILES string of the molecule is Cc1ccc(C(=O)COC(=O)c2ccc(S(=O)(=O)N3CCC(C)CC3)cc2)c(C)c1. The Kier molecular flexibility index (Phi) is 6.73. The highest BCUT2D eigenvalue weighted by molar-refractivity contribution is 7.89. The Hall–Kier alpha value is -2.51. The van der Waals surface area contributed by atoms with Crippen molar-refractivity contribution in [1.29, 1.82) is 0 Å². The molecule has 1 fully saturated rings.